The number of anilines is 1. The Morgan fingerprint density at radius 2 is 2.16 bits per heavy atom. The van der Waals surface area contributed by atoms with Crippen molar-refractivity contribution < 1.29 is 0 Å². The zero-order valence-corrected chi connectivity index (χ0v) is 14.3. The highest BCUT2D eigenvalue weighted by atomic mass is 79.9. The number of nitrogens with one attached hydrogen (secondary N) is 1. The van der Waals surface area contributed by atoms with Crippen LogP contribution in [0.3, 0.4) is 0 Å². The second-order valence-corrected chi connectivity index (χ2v) is 7.10. The molecule has 1 aliphatic rings. The van der Waals surface area contributed by atoms with Crippen molar-refractivity contribution in [2.24, 2.45) is 10.4 Å². The Hall–Kier alpha value is -0.190. The van der Waals surface area contributed by atoms with Crippen LogP contribution < -0.4 is 5.32 Å². The van der Waals surface area contributed by atoms with E-state index in [4.69, 9.17) is 11.6 Å². The van der Waals surface area contributed by atoms with Crippen LogP contribution in [0.15, 0.2) is 27.7 Å². The summed E-state index contributed by atoms with van der Waals surface area (Å²) in [4.78, 5) is 4.69. The van der Waals surface area contributed by atoms with Gasteiger partial charge in [0, 0.05) is 22.5 Å². The van der Waals surface area contributed by atoms with Crippen LogP contribution in [0, 0.1) is 5.41 Å². The van der Waals surface area contributed by atoms with Crippen LogP contribution in [0.1, 0.15) is 26.7 Å². The SMILES string of the molecule is CCC1(CC)CN=C(Nc2ccc(Br)c(Cl)c2)SC1. The molecule has 1 aromatic carbocycles. The average molecular weight is 362 g/mol. The largest absolute Gasteiger partial charge is 0.335 e. The Bertz CT molecular complexity index is 486. The third-order valence-corrected chi connectivity index (χ3v) is 6.24. The fraction of sp³-hybridized carbons (Fsp3) is 0.500. The summed E-state index contributed by atoms with van der Waals surface area (Å²) in [5, 5.41) is 5.05. The first kappa shape index (κ1) is 15.2. The minimum atomic E-state index is 0.382. The molecule has 0 atom stereocenters. The summed E-state index contributed by atoms with van der Waals surface area (Å²) in [6.07, 6.45) is 2.38. The lowest BCUT2D eigenvalue weighted by atomic mass is 9.84. The van der Waals surface area contributed by atoms with E-state index in [0.717, 1.165) is 27.6 Å². The molecule has 0 amide bonds. The third kappa shape index (κ3) is 3.67. The quantitative estimate of drug-likeness (QED) is 0.777. The Morgan fingerprint density at radius 1 is 1.42 bits per heavy atom. The second-order valence-electron chi connectivity index (χ2n) is 4.87. The standard InChI is InChI=1S/C14H18BrClN2S/c1-3-14(4-2)8-17-13(19-9-14)18-10-5-6-11(15)12(16)7-10/h5-7H,3-4,8-9H2,1-2H3,(H,17,18). The van der Waals surface area contributed by atoms with Gasteiger partial charge in [0.05, 0.1) is 5.02 Å². The molecule has 1 N–H and O–H groups in total. The van der Waals surface area contributed by atoms with Crippen molar-refractivity contribution in [3.8, 4) is 0 Å². The van der Waals surface area contributed by atoms with Crippen molar-refractivity contribution in [3.05, 3.63) is 27.7 Å². The molecular formula is C14H18BrClN2S. The summed E-state index contributed by atoms with van der Waals surface area (Å²) in [5.41, 5.74) is 1.37. The van der Waals surface area contributed by atoms with Crippen LogP contribution in [0.25, 0.3) is 0 Å². The van der Waals surface area contributed by atoms with Crippen LogP contribution in [0.4, 0.5) is 5.69 Å². The third-order valence-electron chi connectivity index (χ3n) is 3.74. The predicted octanol–water partition coefficient (Wildman–Crippen LogP) is 5.42. The predicted molar refractivity (Wildman–Crippen MR) is 90.5 cm³/mol. The molecule has 1 aromatic rings. The van der Waals surface area contributed by atoms with E-state index in [1.54, 1.807) is 0 Å². The molecule has 0 unspecified atom stereocenters. The van der Waals surface area contributed by atoms with Crippen LogP contribution in [0.5, 0.6) is 0 Å². The number of amidine groups is 1. The molecule has 104 valence electrons. The van der Waals surface area contributed by atoms with E-state index in [9.17, 15) is 0 Å². The first-order valence-electron chi connectivity index (χ1n) is 6.48. The normalized spacial score (nSPS) is 18.0. The van der Waals surface area contributed by atoms with Gasteiger partial charge in [0.2, 0.25) is 0 Å². The highest BCUT2D eigenvalue weighted by Crippen LogP contribution is 2.35. The molecule has 5 heteroatoms. The lowest BCUT2D eigenvalue weighted by Crippen LogP contribution is -2.32. The summed E-state index contributed by atoms with van der Waals surface area (Å²) < 4.78 is 0.911. The van der Waals surface area contributed by atoms with Gasteiger partial charge in [-0.25, -0.2) is 0 Å². The lowest BCUT2D eigenvalue weighted by molar-refractivity contribution is 0.318. The van der Waals surface area contributed by atoms with Crippen molar-refractivity contribution in [3.63, 3.8) is 0 Å². The minimum absolute atomic E-state index is 0.382. The van der Waals surface area contributed by atoms with Crippen LogP contribution >= 0.6 is 39.3 Å². The Morgan fingerprint density at radius 3 is 2.68 bits per heavy atom. The van der Waals surface area contributed by atoms with Crippen LogP contribution in [-0.2, 0) is 0 Å². The topological polar surface area (TPSA) is 24.4 Å². The second kappa shape index (κ2) is 6.51. The van der Waals surface area contributed by atoms with Gasteiger partial charge >= 0.3 is 0 Å². The first-order valence-corrected chi connectivity index (χ1v) is 8.63. The van der Waals surface area contributed by atoms with E-state index >= 15 is 0 Å². The van der Waals surface area contributed by atoms with Gasteiger partial charge in [-0.2, -0.15) is 0 Å². The van der Waals surface area contributed by atoms with Gasteiger partial charge in [-0.05, 0) is 52.4 Å². The molecule has 0 fully saturated rings. The van der Waals surface area contributed by atoms with E-state index in [2.05, 4.69) is 40.1 Å². The van der Waals surface area contributed by atoms with Gasteiger partial charge in [0.1, 0.15) is 0 Å². The molecule has 0 spiro atoms. The number of thioether (sulfide) groups is 1. The summed E-state index contributed by atoms with van der Waals surface area (Å²) >= 11 is 11.3. The molecule has 1 aliphatic heterocycles. The summed E-state index contributed by atoms with van der Waals surface area (Å²) in [6, 6.07) is 5.86. The zero-order chi connectivity index (χ0) is 13.9. The van der Waals surface area contributed by atoms with Crippen molar-refractivity contribution in [2.45, 2.75) is 26.7 Å². The van der Waals surface area contributed by atoms with Gasteiger partial charge < -0.3 is 5.32 Å². The van der Waals surface area contributed by atoms with Crippen molar-refractivity contribution >= 4 is 50.1 Å². The number of benzene rings is 1. The summed E-state index contributed by atoms with van der Waals surface area (Å²) in [6.45, 7) is 5.43. The monoisotopic (exact) mass is 360 g/mol. The molecule has 2 rings (SSSR count). The highest BCUT2D eigenvalue weighted by molar-refractivity contribution is 9.10. The maximum Gasteiger partial charge on any atom is 0.161 e. The Balaban J connectivity index is 2.05. The molecule has 19 heavy (non-hydrogen) atoms. The number of hydrogen-bond acceptors (Lipinski definition) is 3. The van der Waals surface area contributed by atoms with Gasteiger partial charge in [0.15, 0.2) is 5.17 Å². The van der Waals surface area contributed by atoms with E-state index in [0.29, 0.717) is 10.4 Å². The molecule has 0 saturated heterocycles. The molecule has 2 nitrogen and oxygen atoms in total. The fourth-order valence-electron chi connectivity index (χ4n) is 2.00. The van der Waals surface area contributed by atoms with Crippen molar-refractivity contribution in [1.29, 1.82) is 0 Å². The zero-order valence-electron chi connectivity index (χ0n) is 11.2. The van der Waals surface area contributed by atoms with Crippen molar-refractivity contribution in [2.75, 3.05) is 17.6 Å². The minimum Gasteiger partial charge on any atom is -0.335 e. The number of nitrogens with zero attached hydrogens (tertiary/aromatic N) is 1. The maximum atomic E-state index is 6.09. The number of aliphatic imine (C=N–C) groups is 1. The maximum absolute atomic E-state index is 6.09. The van der Waals surface area contributed by atoms with E-state index < -0.39 is 0 Å². The smallest absolute Gasteiger partial charge is 0.161 e. The highest BCUT2D eigenvalue weighted by Gasteiger charge is 2.30. The summed E-state index contributed by atoms with van der Waals surface area (Å²) in [7, 11) is 0. The van der Waals surface area contributed by atoms with Gasteiger partial charge in [-0.1, -0.05) is 37.2 Å². The van der Waals surface area contributed by atoms with Crippen LogP contribution in [-0.4, -0.2) is 17.5 Å². The average Bonchev–Trinajstić information content (AvgIpc) is 2.44. The van der Waals surface area contributed by atoms with Crippen molar-refractivity contribution in [1.82, 2.24) is 0 Å². The Labute approximate surface area is 132 Å². The molecule has 0 bridgehead atoms. The van der Waals surface area contributed by atoms with Gasteiger partial charge in [-0.15, -0.1) is 0 Å². The number of rotatable bonds is 3. The molecular weight excluding hydrogens is 344 g/mol. The molecule has 0 saturated carbocycles. The van der Waals surface area contributed by atoms with Gasteiger partial charge in [-0.3, -0.25) is 4.99 Å². The molecule has 0 radical (unpaired) electrons. The number of halogens is 2. The molecule has 1 heterocycles. The van der Waals surface area contributed by atoms with E-state index in [-0.39, 0.29) is 0 Å². The van der Waals surface area contributed by atoms with E-state index in [1.165, 1.54) is 12.8 Å². The summed E-state index contributed by atoms with van der Waals surface area (Å²) in [5.74, 6) is 1.14. The fourth-order valence-corrected chi connectivity index (χ4v) is 3.72. The van der Waals surface area contributed by atoms with Gasteiger partial charge in [0.25, 0.3) is 0 Å². The molecule has 0 aliphatic carbocycles. The Kier molecular flexibility index (Phi) is 5.21. The lowest BCUT2D eigenvalue weighted by Gasteiger charge is -2.33. The molecule has 0 aromatic heterocycles. The number of hydrogen-bond donors (Lipinski definition) is 1. The van der Waals surface area contributed by atoms with E-state index in [1.807, 2.05) is 30.0 Å². The van der Waals surface area contributed by atoms with Crippen LogP contribution in [0.2, 0.25) is 5.02 Å². The first-order chi connectivity index (χ1) is 9.08.